The van der Waals surface area contributed by atoms with Crippen molar-refractivity contribution in [1.29, 1.82) is 0 Å². The number of benzene rings is 1. The van der Waals surface area contributed by atoms with Crippen LogP contribution < -0.4 is 11.2 Å². The first-order chi connectivity index (χ1) is 12.1. The van der Waals surface area contributed by atoms with E-state index in [1.165, 1.54) is 11.6 Å². The SMILES string of the molecule is CCCCCCn1c(=O)n(C)c(=O)c2c1ncn2Cc1ccccc1. The molecule has 0 fully saturated rings. The smallest absolute Gasteiger partial charge is 0.320 e. The zero-order valence-corrected chi connectivity index (χ0v) is 14.8. The molecule has 0 N–H and O–H groups in total. The van der Waals surface area contributed by atoms with E-state index < -0.39 is 0 Å². The second-order valence-electron chi connectivity index (χ2n) is 6.39. The van der Waals surface area contributed by atoms with Gasteiger partial charge in [0.15, 0.2) is 11.2 Å². The number of hydrogen-bond donors (Lipinski definition) is 0. The number of rotatable bonds is 7. The van der Waals surface area contributed by atoms with Gasteiger partial charge in [-0.1, -0.05) is 56.5 Å². The Hall–Kier alpha value is -2.63. The summed E-state index contributed by atoms with van der Waals surface area (Å²) in [6, 6.07) is 9.92. The first-order valence-electron chi connectivity index (χ1n) is 8.82. The van der Waals surface area contributed by atoms with Crippen LogP contribution in [0.25, 0.3) is 11.2 Å². The van der Waals surface area contributed by atoms with E-state index in [2.05, 4.69) is 11.9 Å². The summed E-state index contributed by atoms with van der Waals surface area (Å²) in [5.74, 6) is 0. The summed E-state index contributed by atoms with van der Waals surface area (Å²) in [7, 11) is 1.53. The van der Waals surface area contributed by atoms with Crippen LogP contribution in [0.5, 0.6) is 0 Å². The summed E-state index contributed by atoms with van der Waals surface area (Å²) >= 11 is 0. The van der Waals surface area contributed by atoms with Crippen molar-refractivity contribution >= 4 is 11.2 Å². The molecule has 1 aromatic carbocycles. The normalized spacial score (nSPS) is 11.3. The molecule has 0 aliphatic rings. The summed E-state index contributed by atoms with van der Waals surface area (Å²) < 4.78 is 4.65. The van der Waals surface area contributed by atoms with Crippen molar-refractivity contribution in [3.05, 3.63) is 63.1 Å². The van der Waals surface area contributed by atoms with E-state index in [4.69, 9.17) is 0 Å². The molecule has 3 rings (SSSR count). The first-order valence-corrected chi connectivity index (χ1v) is 8.82. The molecule has 0 spiro atoms. The predicted octanol–water partition coefficient (Wildman–Crippen LogP) is 2.53. The summed E-state index contributed by atoms with van der Waals surface area (Å²) in [5.41, 5.74) is 1.48. The van der Waals surface area contributed by atoms with Gasteiger partial charge in [0.05, 0.1) is 6.33 Å². The Morgan fingerprint density at radius 1 is 1.04 bits per heavy atom. The highest BCUT2D eigenvalue weighted by Crippen LogP contribution is 2.11. The van der Waals surface area contributed by atoms with Crippen LogP contribution >= 0.6 is 0 Å². The maximum atomic E-state index is 12.6. The number of hydrogen-bond acceptors (Lipinski definition) is 3. The van der Waals surface area contributed by atoms with E-state index in [9.17, 15) is 9.59 Å². The predicted molar refractivity (Wildman–Crippen MR) is 98.9 cm³/mol. The number of fused-ring (bicyclic) bond motifs is 1. The second kappa shape index (κ2) is 7.51. The fourth-order valence-electron chi connectivity index (χ4n) is 3.10. The van der Waals surface area contributed by atoms with Gasteiger partial charge in [-0.15, -0.1) is 0 Å². The van der Waals surface area contributed by atoms with Crippen LogP contribution in [0.15, 0.2) is 46.2 Å². The monoisotopic (exact) mass is 340 g/mol. The fraction of sp³-hybridized carbons (Fsp3) is 0.421. The quantitative estimate of drug-likeness (QED) is 0.621. The number of unbranched alkanes of at least 4 members (excludes halogenated alkanes) is 3. The van der Waals surface area contributed by atoms with Gasteiger partial charge in [0.2, 0.25) is 0 Å². The van der Waals surface area contributed by atoms with Crippen molar-refractivity contribution in [2.45, 2.75) is 45.7 Å². The van der Waals surface area contributed by atoms with Gasteiger partial charge < -0.3 is 4.57 Å². The van der Waals surface area contributed by atoms with E-state index >= 15 is 0 Å². The Morgan fingerprint density at radius 3 is 2.52 bits per heavy atom. The van der Waals surface area contributed by atoms with Crippen molar-refractivity contribution in [2.24, 2.45) is 7.05 Å². The minimum Gasteiger partial charge on any atom is -0.320 e. The third kappa shape index (κ3) is 3.43. The molecular weight excluding hydrogens is 316 g/mol. The van der Waals surface area contributed by atoms with Crippen LogP contribution in [-0.4, -0.2) is 18.7 Å². The maximum Gasteiger partial charge on any atom is 0.332 e. The minimum absolute atomic E-state index is 0.293. The maximum absolute atomic E-state index is 12.6. The molecule has 0 aliphatic carbocycles. The molecule has 0 saturated carbocycles. The van der Waals surface area contributed by atoms with Gasteiger partial charge in [0, 0.05) is 20.1 Å². The van der Waals surface area contributed by atoms with E-state index in [0.29, 0.717) is 24.3 Å². The second-order valence-corrected chi connectivity index (χ2v) is 6.39. The first kappa shape index (κ1) is 17.2. The average molecular weight is 340 g/mol. The van der Waals surface area contributed by atoms with E-state index in [1.807, 2.05) is 34.9 Å². The van der Waals surface area contributed by atoms with Gasteiger partial charge in [-0.05, 0) is 12.0 Å². The Morgan fingerprint density at radius 2 is 1.80 bits per heavy atom. The molecule has 0 atom stereocenters. The Labute approximate surface area is 146 Å². The lowest BCUT2D eigenvalue weighted by molar-refractivity contribution is 0.554. The topological polar surface area (TPSA) is 61.8 Å². The van der Waals surface area contributed by atoms with Gasteiger partial charge in [0.25, 0.3) is 5.56 Å². The zero-order valence-electron chi connectivity index (χ0n) is 14.8. The molecule has 0 unspecified atom stereocenters. The lowest BCUT2D eigenvalue weighted by Crippen LogP contribution is -2.38. The molecule has 0 amide bonds. The Balaban J connectivity index is 2.03. The van der Waals surface area contributed by atoms with Crippen molar-refractivity contribution in [3.63, 3.8) is 0 Å². The van der Waals surface area contributed by atoms with Gasteiger partial charge in [-0.3, -0.25) is 13.9 Å². The molecule has 6 nitrogen and oxygen atoms in total. The molecule has 2 heterocycles. The molecule has 0 bridgehead atoms. The summed E-state index contributed by atoms with van der Waals surface area (Å²) in [6.45, 7) is 3.30. The zero-order chi connectivity index (χ0) is 17.8. The lowest BCUT2D eigenvalue weighted by Gasteiger charge is -2.10. The number of imidazole rings is 1. The van der Waals surface area contributed by atoms with E-state index in [1.54, 1.807) is 10.9 Å². The standard InChI is InChI=1S/C19H24N4O2/c1-3-4-5-9-12-23-17-16(18(24)21(2)19(23)25)22(14-20-17)13-15-10-7-6-8-11-15/h6-8,10-11,14H,3-5,9,12-13H2,1-2H3. The molecular formula is C19H24N4O2. The molecule has 25 heavy (non-hydrogen) atoms. The fourth-order valence-corrected chi connectivity index (χ4v) is 3.10. The van der Waals surface area contributed by atoms with Gasteiger partial charge in [0.1, 0.15) is 0 Å². The molecule has 132 valence electrons. The highest BCUT2D eigenvalue weighted by Gasteiger charge is 2.16. The molecule has 0 saturated heterocycles. The molecule has 0 radical (unpaired) electrons. The lowest BCUT2D eigenvalue weighted by atomic mass is 10.2. The minimum atomic E-state index is -0.293. The summed E-state index contributed by atoms with van der Waals surface area (Å²) in [6.07, 6.45) is 5.92. The van der Waals surface area contributed by atoms with E-state index in [0.717, 1.165) is 31.2 Å². The molecule has 2 aromatic heterocycles. The van der Waals surface area contributed by atoms with Gasteiger partial charge >= 0.3 is 5.69 Å². The highest BCUT2D eigenvalue weighted by molar-refractivity contribution is 5.70. The largest absolute Gasteiger partial charge is 0.332 e. The highest BCUT2D eigenvalue weighted by atomic mass is 16.2. The van der Waals surface area contributed by atoms with Gasteiger partial charge in [-0.2, -0.15) is 0 Å². The summed E-state index contributed by atoms with van der Waals surface area (Å²) in [5, 5.41) is 0. The molecule has 0 aliphatic heterocycles. The van der Waals surface area contributed by atoms with Gasteiger partial charge in [-0.25, -0.2) is 9.78 Å². The van der Waals surface area contributed by atoms with Crippen LogP contribution in [0, 0.1) is 0 Å². The van der Waals surface area contributed by atoms with E-state index in [-0.39, 0.29) is 11.2 Å². The number of nitrogens with zero attached hydrogens (tertiary/aromatic N) is 4. The molecule has 3 aromatic rings. The van der Waals surface area contributed by atoms with Crippen molar-refractivity contribution in [1.82, 2.24) is 18.7 Å². The third-order valence-electron chi connectivity index (χ3n) is 4.53. The molecule has 6 heteroatoms. The van der Waals surface area contributed by atoms with Crippen LogP contribution in [-0.2, 0) is 20.1 Å². The number of aromatic nitrogens is 4. The number of aryl methyl sites for hydroxylation is 1. The van der Waals surface area contributed by atoms with Crippen LogP contribution in [0.4, 0.5) is 0 Å². The van der Waals surface area contributed by atoms with Crippen LogP contribution in [0.2, 0.25) is 0 Å². The third-order valence-corrected chi connectivity index (χ3v) is 4.53. The Bertz CT molecular complexity index is 967. The average Bonchev–Trinajstić information content (AvgIpc) is 3.03. The Kier molecular flexibility index (Phi) is 5.16. The van der Waals surface area contributed by atoms with Crippen LogP contribution in [0.3, 0.4) is 0 Å². The van der Waals surface area contributed by atoms with Crippen molar-refractivity contribution in [3.8, 4) is 0 Å². The summed E-state index contributed by atoms with van der Waals surface area (Å²) in [4.78, 5) is 29.5. The van der Waals surface area contributed by atoms with Crippen molar-refractivity contribution in [2.75, 3.05) is 0 Å². The van der Waals surface area contributed by atoms with Crippen molar-refractivity contribution < 1.29 is 0 Å². The van der Waals surface area contributed by atoms with Crippen LogP contribution in [0.1, 0.15) is 38.2 Å².